The van der Waals surface area contributed by atoms with Gasteiger partial charge in [-0.3, -0.25) is 4.79 Å². The summed E-state index contributed by atoms with van der Waals surface area (Å²) in [4.78, 5) is 24.2. The SMILES string of the molecule is CCOc1ccc(NC(=O)[C@H](C)OC(=O)c2ccccc2Br)cc1. The topological polar surface area (TPSA) is 64.6 Å². The maximum absolute atomic E-state index is 12.1. The number of rotatable bonds is 6. The summed E-state index contributed by atoms with van der Waals surface area (Å²) >= 11 is 3.28. The number of nitrogens with one attached hydrogen (secondary N) is 1. The number of anilines is 1. The van der Waals surface area contributed by atoms with Gasteiger partial charge in [0, 0.05) is 10.2 Å². The highest BCUT2D eigenvalue weighted by molar-refractivity contribution is 9.10. The monoisotopic (exact) mass is 391 g/mol. The van der Waals surface area contributed by atoms with Crippen molar-refractivity contribution >= 4 is 33.5 Å². The van der Waals surface area contributed by atoms with E-state index in [2.05, 4.69) is 21.2 Å². The third-order valence-electron chi connectivity index (χ3n) is 3.18. The molecular formula is C18H18BrNO4. The van der Waals surface area contributed by atoms with Gasteiger partial charge in [-0.1, -0.05) is 12.1 Å². The van der Waals surface area contributed by atoms with Crippen molar-refractivity contribution in [1.82, 2.24) is 0 Å². The van der Waals surface area contributed by atoms with Crippen LogP contribution < -0.4 is 10.1 Å². The van der Waals surface area contributed by atoms with Crippen LogP contribution in [0.15, 0.2) is 53.0 Å². The first kappa shape index (κ1) is 18.0. The van der Waals surface area contributed by atoms with Crippen LogP contribution in [0.4, 0.5) is 5.69 Å². The quantitative estimate of drug-likeness (QED) is 0.754. The van der Waals surface area contributed by atoms with Crippen molar-refractivity contribution in [3.63, 3.8) is 0 Å². The molecule has 0 radical (unpaired) electrons. The van der Waals surface area contributed by atoms with Crippen LogP contribution in [0, 0.1) is 0 Å². The number of carbonyl (C=O) groups is 2. The number of hydrogen-bond donors (Lipinski definition) is 1. The van der Waals surface area contributed by atoms with E-state index < -0.39 is 18.0 Å². The van der Waals surface area contributed by atoms with E-state index in [9.17, 15) is 9.59 Å². The highest BCUT2D eigenvalue weighted by atomic mass is 79.9. The van der Waals surface area contributed by atoms with E-state index in [4.69, 9.17) is 9.47 Å². The molecule has 2 rings (SSSR count). The van der Waals surface area contributed by atoms with Crippen molar-refractivity contribution in [3.8, 4) is 5.75 Å². The summed E-state index contributed by atoms with van der Waals surface area (Å²) in [7, 11) is 0. The van der Waals surface area contributed by atoms with Crippen LogP contribution in [0.25, 0.3) is 0 Å². The molecule has 0 aliphatic rings. The first-order chi connectivity index (χ1) is 11.5. The van der Waals surface area contributed by atoms with Gasteiger partial charge in [-0.2, -0.15) is 0 Å². The maximum Gasteiger partial charge on any atom is 0.340 e. The number of carbonyl (C=O) groups excluding carboxylic acids is 2. The number of halogens is 1. The van der Waals surface area contributed by atoms with Gasteiger partial charge in [0.25, 0.3) is 5.91 Å². The smallest absolute Gasteiger partial charge is 0.340 e. The lowest BCUT2D eigenvalue weighted by Gasteiger charge is -2.14. The van der Waals surface area contributed by atoms with Crippen molar-refractivity contribution in [1.29, 1.82) is 0 Å². The molecule has 0 fully saturated rings. The fourth-order valence-corrected chi connectivity index (χ4v) is 2.40. The zero-order valence-corrected chi connectivity index (χ0v) is 15.0. The molecule has 1 atom stereocenters. The molecule has 6 heteroatoms. The lowest BCUT2D eigenvalue weighted by atomic mass is 10.2. The first-order valence-electron chi connectivity index (χ1n) is 7.50. The van der Waals surface area contributed by atoms with Gasteiger partial charge in [0.2, 0.25) is 0 Å². The van der Waals surface area contributed by atoms with E-state index in [1.54, 1.807) is 48.5 Å². The molecule has 1 N–H and O–H groups in total. The van der Waals surface area contributed by atoms with Gasteiger partial charge in [-0.15, -0.1) is 0 Å². The van der Waals surface area contributed by atoms with E-state index in [0.29, 0.717) is 22.3 Å². The second kappa shape index (κ2) is 8.49. The predicted octanol–water partition coefficient (Wildman–Crippen LogP) is 4.03. The fraction of sp³-hybridized carbons (Fsp3) is 0.222. The van der Waals surface area contributed by atoms with Gasteiger partial charge in [-0.25, -0.2) is 4.79 Å². The molecule has 0 aliphatic heterocycles. The molecule has 2 aromatic rings. The second-order valence-corrected chi connectivity index (χ2v) is 5.83. The lowest BCUT2D eigenvalue weighted by molar-refractivity contribution is -0.123. The average molecular weight is 392 g/mol. The van der Waals surface area contributed by atoms with Gasteiger partial charge in [-0.05, 0) is 66.2 Å². The zero-order valence-electron chi connectivity index (χ0n) is 13.4. The van der Waals surface area contributed by atoms with Crippen LogP contribution in [0.2, 0.25) is 0 Å². The number of benzene rings is 2. The zero-order chi connectivity index (χ0) is 17.5. The Balaban J connectivity index is 1.94. The highest BCUT2D eigenvalue weighted by Gasteiger charge is 2.20. The minimum absolute atomic E-state index is 0.373. The Morgan fingerprint density at radius 2 is 1.79 bits per heavy atom. The Bertz CT molecular complexity index is 715. The van der Waals surface area contributed by atoms with Gasteiger partial charge in [0.05, 0.1) is 12.2 Å². The fourth-order valence-electron chi connectivity index (χ4n) is 1.95. The third kappa shape index (κ3) is 4.83. The van der Waals surface area contributed by atoms with Crippen LogP contribution in [-0.2, 0) is 9.53 Å². The Morgan fingerprint density at radius 1 is 1.12 bits per heavy atom. The molecule has 126 valence electrons. The Hall–Kier alpha value is -2.34. The summed E-state index contributed by atoms with van der Waals surface area (Å²) < 4.78 is 11.2. The summed E-state index contributed by atoms with van der Waals surface area (Å²) in [6.45, 7) is 4.00. The number of amides is 1. The molecule has 1 amide bonds. The molecule has 0 saturated carbocycles. The molecule has 24 heavy (non-hydrogen) atoms. The van der Waals surface area contributed by atoms with Crippen molar-refractivity contribution < 1.29 is 19.1 Å². The molecule has 5 nitrogen and oxygen atoms in total. The first-order valence-corrected chi connectivity index (χ1v) is 8.29. The summed E-state index contributed by atoms with van der Waals surface area (Å²) in [6, 6.07) is 13.9. The van der Waals surface area contributed by atoms with Gasteiger partial charge in [0.15, 0.2) is 6.10 Å². The minimum Gasteiger partial charge on any atom is -0.494 e. The van der Waals surface area contributed by atoms with E-state index >= 15 is 0 Å². The van der Waals surface area contributed by atoms with E-state index in [1.165, 1.54) is 6.92 Å². The van der Waals surface area contributed by atoms with Crippen molar-refractivity contribution in [2.45, 2.75) is 20.0 Å². The van der Waals surface area contributed by atoms with E-state index in [1.807, 2.05) is 6.92 Å². The average Bonchev–Trinajstić information content (AvgIpc) is 2.57. The number of hydrogen-bond acceptors (Lipinski definition) is 4. The molecule has 0 bridgehead atoms. The molecule has 2 aromatic carbocycles. The Kier molecular flexibility index (Phi) is 6.37. The molecule has 0 unspecified atom stereocenters. The molecule has 0 saturated heterocycles. The van der Waals surface area contributed by atoms with Crippen molar-refractivity contribution in [3.05, 3.63) is 58.6 Å². The lowest BCUT2D eigenvalue weighted by Crippen LogP contribution is -2.30. The van der Waals surface area contributed by atoms with E-state index in [0.717, 1.165) is 5.75 Å². The van der Waals surface area contributed by atoms with Crippen LogP contribution in [0.3, 0.4) is 0 Å². The normalized spacial score (nSPS) is 11.5. The molecule has 0 aliphatic carbocycles. The largest absolute Gasteiger partial charge is 0.494 e. The standard InChI is InChI=1S/C18H18BrNO4/c1-3-23-14-10-8-13(9-11-14)20-17(21)12(2)24-18(22)15-6-4-5-7-16(15)19/h4-12H,3H2,1-2H3,(H,20,21)/t12-/m0/s1. The minimum atomic E-state index is -0.920. The molecular weight excluding hydrogens is 374 g/mol. The number of ether oxygens (including phenoxy) is 2. The second-order valence-electron chi connectivity index (χ2n) is 4.97. The number of esters is 1. The van der Waals surface area contributed by atoms with Crippen LogP contribution in [-0.4, -0.2) is 24.6 Å². The molecule has 0 aromatic heterocycles. The van der Waals surface area contributed by atoms with Crippen LogP contribution in [0.1, 0.15) is 24.2 Å². The summed E-state index contributed by atoms with van der Waals surface area (Å²) in [6.07, 6.45) is -0.920. The van der Waals surface area contributed by atoms with Gasteiger partial charge >= 0.3 is 5.97 Å². The van der Waals surface area contributed by atoms with Crippen LogP contribution in [0.5, 0.6) is 5.75 Å². The third-order valence-corrected chi connectivity index (χ3v) is 3.87. The Labute approximate surface area is 149 Å². The summed E-state index contributed by atoms with van der Waals surface area (Å²) in [5, 5.41) is 2.70. The van der Waals surface area contributed by atoms with Gasteiger partial charge < -0.3 is 14.8 Å². The predicted molar refractivity (Wildman–Crippen MR) is 95.3 cm³/mol. The van der Waals surface area contributed by atoms with Crippen molar-refractivity contribution in [2.24, 2.45) is 0 Å². The molecule has 0 heterocycles. The summed E-state index contributed by atoms with van der Waals surface area (Å²) in [5.41, 5.74) is 0.977. The van der Waals surface area contributed by atoms with Gasteiger partial charge in [0.1, 0.15) is 5.75 Å². The highest BCUT2D eigenvalue weighted by Crippen LogP contribution is 2.18. The Morgan fingerprint density at radius 3 is 2.42 bits per heavy atom. The maximum atomic E-state index is 12.1. The van der Waals surface area contributed by atoms with Crippen LogP contribution >= 0.6 is 15.9 Å². The van der Waals surface area contributed by atoms with E-state index in [-0.39, 0.29) is 0 Å². The molecule has 0 spiro atoms. The van der Waals surface area contributed by atoms with Crippen molar-refractivity contribution in [2.75, 3.05) is 11.9 Å². The summed E-state index contributed by atoms with van der Waals surface area (Å²) in [5.74, 6) is -0.236.